The normalized spacial score (nSPS) is 15.4. The predicted octanol–water partition coefficient (Wildman–Crippen LogP) is 3.44. The van der Waals surface area contributed by atoms with Crippen LogP contribution in [-0.2, 0) is 0 Å². The highest BCUT2D eigenvalue weighted by Gasteiger charge is 2.30. The van der Waals surface area contributed by atoms with Crippen molar-refractivity contribution in [1.82, 2.24) is 4.98 Å². The second-order valence-electron chi connectivity index (χ2n) is 6.03. The zero-order valence-electron chi connectivity index (χ0n) is 13.0. The Balaban J connectivity index is 2.43. The number of nitrogens with zero attached hydrogens (tertiary/aromatic N) is 3. The standard InChI is InChI=1S/C15H24N4O2/c1-11(2)10-18(12-6-4-5-7-12)15-13(19(20)21)8-9-14(16-3)17-15/h8-9,11-12H,4-7,10H2,1-3H3,(H,16,17). The van der Waals surface area contributed by atoms with Gasteiger partial charge in [0.1, 0.15) is 5.82 Å². The highest BCUT2D eigenvalue weighted by molar-refractivity contribution is 5.62. The molecule has 21 heavy (non-hydrogen) atoms. The molecule has 0 saturated heterocycles. The lowest BCUT2D eigenvalue weighted by Crippen LogP contribution is -2.37. The molecule has 0 amide bonds. The van der Waals surface area contributed by atoms with Crippen molar-refractivity contribution >= 4 is 17.3 Å². The van der Waals surface area contributed by atoms with E-state index in [2.05, 4.69) is 29.0 Å². The lowest BCUT2D eigenvalue weighted by Gasteiger charge is -2.31. The average Bonchev–Trinajstić information content (AvgIpc) is 2.97. The molecule has 6 nitrogen and oxygen atoms in total. The average molecular weight is 292 g/mol. The van der Waals surface area contributed by atoms with Crippen molar-refractivity contribution < 1.29 is 4.92 Å². The van der Waals surface area contributed by atoms with Gasteiger partial charge in [-0.05, 0) is 24.8 Å². The van der Waals surface area contributed by atoms with E-state index in [-0.39, 0.29) is 10.6 Å². The first-order valence-corrected chi connectivity index (χ1v) is 7.62. The molecule has 1 aromatic heterocycles. The lowest BCUT2D eigenvalue weighted by atomic mass is 10.1. The number of hydrogen-bond acceptors (Lipinski definition) is 5. The fraction of sp³-hybridized carbons (Fsp3) is 0.667. The Morgan fingerprint density at radius 1 is 1.43 bits per heavy atom. The molecule has 1 N–H and O–H groups in total. The monoisotopic (exact) mass is 292 g/mol. The molecule has 1 saturated carbocycles. The van der Waals surface area contributed by atoms with Crippen LogP contribution < -0.4 is 10.2 Å². The number of nitro groups is 1. The summed E-state index contributed by atoms with van der Waals surface area (Å²) in [5, 5.41) is 14.3. The zero-order valence-corrected chi connectivity index (χ0v) is 13.0. The van der Waals surface area contributed by atoms with Crippen LogP contribution in [0.15, 0.2) is 12.1 Å². The summed E-state index contributed by atoms with van der Waals surface area (Å²) in [6, 6.07) is 3.58. The molecule has 1 aliphatic rings. The molecule has 0 aromatic carbocycles. The molecular weight excluding hydrogens is 268 g/mol. The maximum absolute atomic E-state index is 11.3. The smallest absolute Gasteiger partial charge is 0.311 e. The van der Waals surface area contributed by atoms with E-state index in [0.29, 0.717) is 23.6 Å². The van der Waals surface area contributed by atoms with Gasteiger partial charge in [0.2, 0.25) is 5.82 Å². The van der Waals surface area contributed by atoms with Gasteiger partial charge in [0.05, 0.1) is 4.92 Å². The van der Waals surface area contributed by atoms with E-state index in [0.717, 1.165) is 19.4 Å². The molecule has 0 aliphatic heterocycles. The largest absolute Gasteiger partial charge is 0.373 e. The van der Waals surface area contributed by atoms with E-state index in [4.69, 9.17) is 0 Å². The summed E-state index contributed by atoms with van der Waals surface area (Å²) < 4.78 is 0. The van der Waals surface area contributed by atoms with Gasteiger partial charge in [-0.15, -0.1) is 0 Å². The van der Waals surface area contributed by atoms with E-state index in [1.54, 1.807) is 19.2 Å². The second-order valence-corrected chi connectivity index (χ2v) is 6.03. The van der Waals surface area contributed by atoms with Crippen molar-refractivity contribution in [1.29, 1.82) is 0 Å². The number of rotatable bonds is 6. The van der Waals surface area contributed by atoms with Crippen molar-refractivity contribution in [2.24, 2.45) is 5.92 Å². The Bertz CT molecular complexity index is 498. The number of nitrogens with one attached hydrogen (secondary N) is 1. The van der Waals surface area contributed by atoms with Crippen molar-refractivity contribution in [3.05, 3.63) is 22.2 Å². The first-order chi connectivity index (χ1) is 10.0. The van der Waals surface area contributed by atoms with Crippen molar-refractivity contribution in [3.8, 4) is 0 Å². The van der Waals surface area contributed by atoms with Gasteiger partial charge in [-0.1, -0.05) is 26.7 Å². The fourth-order valence-corrected chi connectivity index (χ4v) is 2.95. The molecule has 0 spiro atoms. The van der Waals surface area contributed by atoms with E-state index in [1.807, 2.05) is 0 Å². The van der Waals surface area contributed by atoms with Crippen LogP contribution in [0, 0.1) is 16.0 Å². The highest BCUT2D eigenvalue weighted by Crippen LogP contribution is 2.34. The summed E-state index contributed by atoms with van der Waals surface area (Å²) in [6.07, 6.45) is 4.57. The SMILES string of the molecule is CNc1ccc([N+](=O)[O-])c(N(CC(C)C)C2CCCC2)n1. The van der Waals surface area contributed by atoms with Gasteiger partial charge in [0.25, 0.3) is 0 Å². The minimum absolute atomic E-state index is 0.0987. The summed E-state index contributed by atoms with van der Waals surface area (Å²) in [4.78, 5) is 17.6. The number of hydrogen-bond donors (Lipinski definition) is 1. The van der Waals surface area contributed by atoms with Crippen molar-refractivity contribution in [2.45, 2.75) is 45.6 Å². The quantitative estimate of drug-likeness (QED) is 0.642. The van der Waals surface area contributed by atoms with E-state index >= 15 is 0 Å². The molecule has 0 atom stereocenters. The molecule has 116 valence electrons. The van der Waals surface area contributed by atoms with Crippen LogP contribution in [0.25, 0.3) is 0 Å². The molecule has 6 heteroatoms. The van der Waals surface area contributed by atoms with Gasteiger partial charge in [-0.2, -0.15) is 0 Å². The minimum Gasteiger partial charge on any atom is -0.373 e. The van der Waals surface area contributed by atoms with Crippen molar-refractivity contribution in [3.63, 3.8) is 0 Å². The Morgan fingerprint density at radius 2 is 2.10 bits per heavy atom. The molecule has 2 rings (SSSR count). The zero-order chi connectivity index (χ0) is 15.4. The maximum Gasteiger partial charge on any atom is 0.311 e. The maximum atomic E-state index is 11.3. The van der Waals surface area contributed by atoms with Crippen LogP contribution >= 0.6 is 0 Å². The minimum atomic E-state index is -0.329. The second kappa shape index (κ2) is 6.74. The number of pyridine rings is 1. The summed E-state index contributed by atoms with van der Waals surface area (Å²) >= 11 is 0. The van der Waals surface area contributed by atoms with Gasteiger partial charge in [0, 0.05) is 25.7 Å². The van der Waals surface area contributed by atoms with E-state index in [1.165, 1.54) is 12.8 Å². The molecule has 0 radical (unpaired) electrons. The molecule has 0 unspecified atom stereocenters. The van der Waals surface area contributed by atoms with Crippen LogP contribution in [0.2, 0.25) is 0 Å². The third-order valence-corrected chi connectivity index (χ3v) is 3.91. The van der Waals surface area contributed by atoms with Crippen LogP contribution in [0.3, 0.4) is 0 Å². The van der Waals surface area contributed by atoms with Gasteiger partial charge < -0.3 is 10.2 Å². The third-order valence-electron chi connectivity index (χ3n) is 3.91. The van der Waals surface area contributed by atoms with Crippen LogP contribution in [0.1, 0.15) is 39.5 Å². The highest BCUT2D eigenvalue weighted by atomic mass is 16.6. The van der Waals surface area contributed by atoms with Gasteiger partial charge in [-0.3, -0.25) is 10.1 Å². The molecule has 0 bridgehead atoms. The fourth-order valence-electron chi connectivity index (χ4n) is 2.95. The molecule has 1 aromatic rings. The summed E-state index contributed by atoms with van der Waals surface area (Å²) in [6.45, 7) is 5.07. The molecular formula is C15H24N4O2. The molecule has 1 heterocycles. The summed E-state index contributed by atoms with van der Waals surface area (Å²) in [5.41, 5.74) is 0.0987. The van der Waals surface area contributed by atoms with Crippen LogP contribution in [-0.4, -0.2) is 29.5 Å². The Morgan fingerprint density at radius 3 is 2.62 bits per heavy atom. The number of aromatic nitrogens is 1. The topological polar surface area (TPSA) is 71.3 Å². The molecule has 1 fully saturated rings. The predicted molar refractivity (Wildman–Crippen MR) is 84.9 cm³/mol. The van der Waals surface area contributed by atoms with Crippen LogP contribution in [0.5, 0.6) is 0 Å². The Hall–Kier alpha value is -1.85. The first kappa shape index (κ1) is 15.5. The van der Waals surface area contributed by atoms with Gasteiger partial charge in [0.15, 0.2) is 0 Å². The van der Waals surface area contributed by atoms with E-state index in [9.17, 15) is 10.1 Å². The first-order valence-electron chi connectivity index (χ1n) is 7.62. The Kier molecular flexibility index (Phi) is 4.98. The Labute approximate surface area is 125 Å². The van der Waals surface area contributed by atoms with E-state index < -0.39 is 0 Å². The summed E-state index contributed by atoms with van der Waals surface area (Å²) in [5.74, 6) is 1.61. The number of anilines is 2. The lowest BCUT2D eigenvalue weighted by molar-refractivity contribution is -0.384. The third kappa shape index (κ3) is 3.62. The van der Waals surface area contributed by atoms with Crippen molar-refractivity contribution in [2.75, 3.05) is 23.8 Å². The molecule has 1 aliphatic carbocycles. The van der Waals surface area contributed by atoms with Gasteiger partial charge >= 0.3 is 5.69 Å². The van der Waals surface area contributed by atoms with Crippen LogP contribution in [0.4, 0.5) is 17.3 Å². The van der Waals surface area contributed by atoms with Gasteiger partial charge in [-0.25, -0.2) is 4.98 Å². The summed E-state index contributed by atoms with van der Waals surface area (Å²) in [7, 11) is 1.78.